The van der Waals surface area contributed by atoms with Crippen LogP contribution in [-0.4, -0.2) is 26.2 Å². The van der Waals surface area contributed by atoms with E-state index in [0.717, 1.165) is 0 Å². The molecule has 1 atom stereocenters. The van der Waals surface area contributed by atoms with Gasteiger partial charge >= 0.3 is 0 Å². The van der Waals surface area contributed by atoms with E-state index >= 15 is 0 Å². The molecule has 7 heteroatoms. The molecule has 1 aliphatic heterocycles. The minimum atomic E-state index is -3.56. The summed E-state index contributed by atoms with van der Waals surface area (Å²) < 4.78 is 25.7. The highest BCUT2D eigenvalue weighted by Crippen LogP contribution is 2.22. The maximum absolute atomic E-state index is 11.7. The minimum absolute atomic E-state index is 0.159. The molecule has 0 unspecified atom stereocenters. The van der Waals surface area contributed by atoms with E-state index in [1.54, 1.807) is 18.2 Å². The highest BCUT2D eigenvalue weighted by molar-refractivity contribution is 7.90. The number of nitrogens with one attached hydrogen (secondary N) is 1. The van der Waals surface area contributed by atoms with Crippen LogP contribution in [0.3, 0.4) is 0 Å². The number of sulfonamides is 1. The van der Waals surface area contributed by atoms with Crippen LogP contribution in [0.1, 0.15) is 12.5 Å². The molecule has 6 nitrogen and oxygen atoms in total. The summed E-state index contributed by atoms with van der Waals surface area (Å²) in [5, 5.41) is 0. The summed E-state index contributed by atoms with van der Waals surface area (Å²) >= 11 is 0. The van der Waals surface area contributed by atoms with E-state index in [-0.39, 0.29) is 10.7 Å². The lowest BCUT2D eigenvalue weighted by Crippen LogP contribution is -2.29. The number of benzene rings is 1. The zero-order valence-corrected chi connectivity index (χ0v) is 9.86. The average molecular weight is 253 g/mol. The molecule has 1 aromatic carbocycles. The van der Waals surface area contributed by atoms with E-state index in [1.165, 1.54) is 13.0 Å². The fourth-order valence-electron chi connectivity index (χ4n) is 1.49. The van der Waals surface area contributed by atoms with Crippen LogP contribution >= 0.6 is 0 Å². The number of aliphatic imine (C=N–C) groups is 1. The third-order valence-electron chi connectivity index (χ3n) is 2.40. The first-order valence-electron chi connectivity index (χ1n) is 4.91. The van der Waals surface area contributed by atoms with Gasteiger partial charge in [0.05, 0.1) is 4.90 Å². The fourth-order valence-corrected chi connectivity index (χ4v) is 2.73. The molecule has 0 saturated carbocycles. The molecule has 0 bridgehead atoms. The second-order valence-corrected chi connectivity index (χ2v) is 5.31. The summed E-state index contributed by atoms with van der Waals surface area (Å²) in [6.07, 6.45) is 0. The van der Waals surface area contributed by atoms with Crippen molar-refractivity contribution in [1.29, 1.82) is 0 Å². The number of nitrogens with zero attached hydrogens (tertiary/aromatic N) is 1. The van der Waals surface area contributed by atoms with Crippen LogP contribution in [0.2, 0.25) is 0 Å². The lowest BCUT2D eigenvalue weighted by atomic mass is 10.2. The van der Waals surface area contributed by atoms with Crippen LogP contribution in [0.15, 0.2) is 34.2 Å². The lowest BCUT2D eigenvalue weighted by molar-refractivity contribution is -0.118. The summed E-state index contributed by atoms with van der Waals surface area (Å²) in [4.78, 5) is 15.0. The largest absolute Gasteiger partial charge is 0.368 e. The zero-order chi connectivity index (χ0) is 12.6. The molecular formula is C10H11N3O3S. The Hall–Kier alpha value is -1.89. The van der Waals surface area contributed by atoms with E-state index in [9.17, 15) is 13.2 Å². The number of nitrogens with two attached hydrogens (primary N) is 1. The highest BCUT2D eigenvalue weighted by Gasteiger charge is 2.30. The number of hydrogen-bond donors (Lipinski definition) is 2. The molecule has 17 heavy (non-hydrogen) atoms. The third-order valence-corrected chi connectivity index (χ3v) is 3.79. The first-order chi connectivity index (χ1) is 7.92. The highest BCUT2D eigenvalue weighted by atomic mass is 32.2. The fraction of sp³-hybridized carbons (Fsp3) is 0.200. The van der Waals surface area contributed by atoms with Gasteiger partial charge in [-0.25, -0.2) is 8.42 Å². The van der Waals surface area contributed by atoms with Crippen molar-refractivity contribution in [3.63, 3.8) is 0 Å². The van der Waals surface area contributed by atoms with Crippen LogP contribution < -0.4 is 10.5 Å². The van der Waals surface area contributed by atoms with E-state index in [0.29, 0.717) is 5.56 Å². The van der Waals surface area contributed by atoms with E-state index in [4.69, 9.17) is 5.73 Å². The van der Waals surface area contributed by atoms with Crippen molar-refractivity contribution in [2.24, 2.45) is 10.7 Å². The second-order valence-electron chi connectivity index (χ2n) is 3.66. The molecule has 1 aliphatic rings. The standard InChI is InChI=1S/C10H11N3O3S/c1-6(9(11)14)12-10-7-4-2-3-5-8(7)17(15,16)13-10/h2-6H,1H3,(H2,11,14)(H,12,13)/t6-/m0/s1. The Morgan fingerprint density at radius 2 is 2.06 bits per heavy atom. The smallest absolute Gasteiger partial charge is 0.263 e. The van der Waals surface area contributed by atoms with E-state index in [2.05, 4.69) is 9.71 Å². The van der Waals surface area contributed by atoms with Gasteiger partial charge < -0.3 is 5.73 Å². The maximum Gasteiger partial charge on any atom is 0.263 e. The molecule has 0 saturated heterocycles. The molecule has 3 N–H and O–H groups in total. The van der Waals surface area contributed by atoms with Gasteiger partial charge in [-0.3, -0.25) is 14.5 Å². The first kappa shape index (κ1) is 11.6. The number of rotatable bonds is 2. The Balaban J connectivity index is 2.53. The molecule has 2 rings (SSSR count). The number of hydrogen-bond acceptors (Lipinski definition) is 4. The van der Waals surface area contributed by atoms with Gasteiger partial charge in [0.25, 0.3) is 10.0 Å². The minimum Gasteiger partial charge on any atom is -0.368 e. The molecule has 1 heterocycles. The predicted molar refractivity (Wildman–Crippen MR) is 62.0 cm³/mol. The number of amidine groups is 1. The van der Waals surface area contributed by atoms with Crippen LogP contribution in [0, 0.1) is 0 Å². The number of fused-ring (bicyclic) bond motifs is 1. The Bertz CT molecular complexity index is 607. The van der Waals surface area contributed by atoms with Crippen LogP contribution in [-0.2, 0) is 14.8 Å². The quantitative estimate of drug-likeness (QED) is 0.749. The van der Waals surface area contributed by atoms with Crippen molar-refractivity contribution in [2.75, 3.05) is 0 Å². The van der Waals surface area contributed by atoms with E-state index in [1.807, 2.05) is 0 Å². The van der Waals surface area contributed by atoms with Crippen LogP contribution in [0.25, 0.3) is 0 Å². The number of amides is 1. The van der Waals surface area contributed by atoms with Crippen molar-refractivity contribution < 1.29 is 13.2 Å². The zero-order valence-electron chi connectivity index (χ0n) is 9.04. The van der Waals surface area contributed by atoms with Crippen molar-refractivity contribution in [3.8, 4) is 0 Å². The molecule has 0 aliphatic carbocycles. The molecule has 0 fully saturated rings. The Morgan fingerprint density at radius 3 is 2.71 bits per heavy atom. The average Bonchev–Trinajstić information content (AvgIpc) is 2.51. The van der Waals surface area contributed by atoms with Crippen molar-refractivity contribution >= 4 is 21.8 Å². The molecule has 0 aromatic heterocycles. The van der Waals surface area contributed by atoms with Gasteiger partial charge in [0, 0.05) is 5.56 Å². The predicted octanol–water partition coefficient (Wildman–Crippen LogP) is -0.401. The molecular weight excluding hydrogens is 242 g/mol. The molecule has 0 radical (unpaired) electrons. The van der Waals surface area contributed by atoms with Crippen molar-refractivity contribution in [2.45, 2.75) is 17.9 Å². The third kappa shape index (κ3) is 2.01. The number of carbonyl (C=O) groups excluding carboxylic acids is 1. The van der Waals surface area contributed by atoms with Gasteiger partial charge in [-0.05, 0) is 19.1 Å². The lowest BCUT2D eigenvalue weighted by Gasteiger charge is -2.03. The normalized spacial score (nSPS) is 20.6. The van der Waals surface area contributed by atoms with Crippen LogP contribution in [0.5, 0.6) is 0 Å². The summed E-state index contributed by atoms with van der Waals surface area (Å²) in [6.45, 7) is 1.50. The Morgan fingerprint density at radius 1 is 1.41 bits per heavy atom. The Kier molecular flexibility index (Phi) is 2.62. The SMILES string of the molecule is C[C@H](N=C1NS(=O)(=O)c2ccccc21)C(N)=O. The summed E-state index contributed by atoms with van der Waals surface area (Å²) in [5.74, 6) is -0.451. The van der Waals surface area contributed by atoms with Gasteiger partial charge in [0.1, 0.15) is 11.9 Å². The summed E-state index contributed by atoms with van der Waals surface area (Å²) in [5.41, 5.74) is 5.54. The van der Waals surface area contributed by atoms with Gasteiger partial charge in [-0.1, -0.05) is 12.1 Å². The topological polar surface area (TPSA) is 102 Å². The van der Waals surface area contributed by atoms with E-state index < -0.39 is 22.0 Å². The van der Waals surface area contributed by atoms with Gasteiger partial charge in [-0.2, -0.15) is 0 Å². The molecule has 0 spiro atoms. The van der Waals surface area contributed by atoms with Gasteiger partial charge in [0.2, 0.25) is 5.91 Å². The molecule has 1 amide bonds. The Labute approximate surface area is 98.6 Å². The van der Waals surface area contributed by atoms with Crippen molar-refractivity contribution in [1.82, 2.24) is 4.72 Å². The van der Waals surface area contributed by atoms with Gasteiger partial charge in [-0.15, -0.1) is 0 Å². The monoisotopic (exact) mass is 253 g/mol. The summed E-state index contributed by atoms with van der Waals surface area (Å²) in [6, 6.07) is 5.65. The molecule has 1 aromatic rings. The second kappa shape index (κ2) is 3.85. The van der Waals surface area contributed by atoms with Crippen molar-refractivity contribution in [3.05, 3.63) is 29.8 Å². The number of primary amides is 1. The molecule has 90 valence electrons. The van der Waals surface area contributed by atoms with Crippen LogP contribution in [0.4, 0.5) is 0 Å². The number of carbonyl (C=O) groups is 1. The van der Waals surface area contributed by atoms with Gasteiger partial charge in [0.15, 0.2) is 0 Å². The summed E-state index contributed by atoms with van der Waals surface area (Å²) in [7, 11) is -3.56. The maximum atomic E-state index is 11.7. The first-order valence-corrected chi connectivity index (χ1v) is 6.39.